The number of ketones is 1. The van der Waals surface area contributed by atoms with Crippen molar-refractivity contribution in [2.75, 3.05) is 29.5 Å². The lowest BCUT2D eigenvalue weighted by molar-refractivity contribution is -0.125. The van der Waals surface area contributed by atoms with Crippen LogP contribution in [0, 0.1) is 28.5 Å². The molecule has 41 heavy (non-hydrogen) atoms. The lowest BCUT2D eigenvalue weighted by atomic mass is 9.73. The Balaban J connectivity index is 1.37. The summed E-state index contributed by atoms with van der Waals surface area (Å²) in [5.41, 5.74) is 2.28. The van der Waals surface area contributed by atoms with Crippen LogP contribution in [0.15, 0.2) is 46.9 Å². The van der Waals surface area contributed by atoms with Crippen molar-refractivity contribution in [1.29, 1.82) is 5.26 Å². The molecule has 2 atom stereocenters. The van der Waals surface area contributed by atoms with Crippen molar-refractivity contribution < 1.29 is 22.0 Å². The largest absolute Gasteiger partial charge is 0.440 e. The molecule has 1 aliphatic heterocycles. The second-order valence-electron chi connectivity index (χ2n) is 11.6. The third-order valence-corrected chi connectivity index (χ3v) is 10.7. The molecule has 2 saturated carbocycles. The van der Waals surface area contributed by atoms with Gasteiger partial charge in [-0.15, -0.1) is 0 Å². The van der Waals surface area contributed by atoms with E-state index in [1.54, 1.807) is 0 Å². The van der Waals surface area contributed by atoms with Gasteiger partial charge in [0.25, 0.3) is 0 Å². The summed E-state index contributed by atoms with van der Waals surface area (Å²) in [5.74, 6) is 0.307. The number of hydrogen-bond donors (Lipinski definition) is 0. The molecule has 0 unspecified atom stereocenters. The van der Waals surface area contributed by atoms with Crippen LogP contribution in [0.3, 0.4) is 0 Å². The summed E-state index contributed by atoms with van der Waals surface area (Å²) < 4.78 is 44.0. The SMILES string of the molecule is N#CC1(CC(=O)[C@@H]2CCCC[C@H]2c2oc(-c3ccc(F)cc3Cl)nc2-c2ccc(N3CCS(=O)(=O)CC3)cc2)CC1. The van der Waals surface area contributed by atoms with E-state index in [2.05, 4.69) is 11.0 Å². The van der Waals surface area contributed by atoms with Gasteiger partial charge in [0, 0.05) is 42.6 Å². The van der Waals surface area contributed by atoms with E-state index in [1.807, 2.05) is 24.3 Å². The Labute approximate surface area is 244 Å². The number of rotatable bonds is 7. The Morgan fingerprint density at radius 2 is 1.83 bits per heavy atom. The van der Waals surface area contributed by atoms with Crippen LogP contribution in [0.1, 0.15) is 56.6 Å². The summed E-state index contributed by atoms with van der Waals surface area (Å²) in [6, 6.07) is 14.2. The standard InChI is InChI=1S/C31H31ClFN3O4S/c32-26-17-21(33)7-10-25(26)30-35-28(20-5-8-22(9-6-20)36-13-15-41(38,39)16-14-36)29(40-30)24-4-2-1-3-23(24)27(37)18-31(19-34)11-12-31/h5-10,17,23-24H,1-4,11-16,18H2/t23-,24-/m1/s1. The summed E-state index contributed by atoms with van der Waals surface area (Å²) in [4.78, 5) is 20.5. The number of carbonyl (C=O) groups is 1. The van der Waals surface area contributed by atoms with Crippen molar-refractivity contribution >= 4 is 32.9 Å². The number of aromatic nitrogens is 1. The van der Waals surface area contributed by atoms with Crippen LogP contribution in [0.25, 0.3) is 22.7 Å². The van der Waals surface area contributed by atoms with E-state index in [9.17, 15) is 22.9 Å². The van der Waals surface area contributed by atoms with Gasteiger partial charge >= 0.3 is 0 Å². The van der Waals surface area contributed by atoms with E-state index < -0.39 is 21.1 Å². The van der Waals surface area contributed by atoms with E-state index in [0.29, 0.717) is 30.1 Å². The summed E-state index contributed by atoms with van der Waals surface area (Å²) in [7, 11) is -2.99. The number of sulfone groups is 1. The Bertz CT molecular complexity index is 1610. The minimum atomic E-state index is -2.99. The Kier molecular flexibility index (Phi) is 7.41. The van der Waals surface area contributed by atoms with Crippen molar-refractivity contribution in [3.05, 3.63) is 59.1 Å². The van der Waals surface area contributed by atoms with E-state index in [1.165, 1.54) is 18.2 Å². The molecule has 10 heteroatoms. The third-order valence-electron chi connectivity index (χ3n) is 8.78. The Morgan fingerprint density at radius 1 is 1.12 bits per heavy atom. The zero-order chi connectivity index (χ0) is 28.8. The molecule has 1 aromatic heterocycles. The number of Topliss-reactive ketones (excluding diaryl/α,β-unsaturated/α-hetero) is 1. The van der Waals surface area contributed by atoms with E-state index in [4.69, 9.17) is 21.0 Å². The van der Waals surface area contributed by atoms with Gasteiger partial charge in [-0.2, -0.15) is 5.26 Å². The molecule has 2 heterocycles. The first-order valence-electron chi connectivity index (χ1n) is 14.1. The van der Waals surface area contributed by atoms with Crippen LogP contribution in [-0.2, 0) is 14.6 Å². The smallest absolute Gasteiger partial charge is 0.228 e. The highest BCUT2D eigenvalue weighted by Gasteiger charge is 2.47. The Hall–Kier alpha value is -3.22. The molecule has 0 N–H and O–H groups in total. The molecule has 3 aromatic rings. The molecule has 2 aliphatic carbocycles. The first kappa shape index (κ1) is 27.9. The van der Waals surface area contributed by atoms with Gasteiger partial charge in [-0.25, -0.2) is 17.8 Å². The van der Waals surface area contributed by atoms with Crippen molar-refractivity contribution in [2.45, 2.75) is 50.9 Å². The summed E-state index contributed by atoms with van der Waals surface area (Å²) in [5, 5.41) is 9.77. The van der Waals surface area contributed by atoms with Gasteiger partial charge in [-0.1, -0.05) is 36.6 Å². The number of benzene rings is 2. The first-order chi connectivity index (χ1) is 19.7. The molecule has 0 bridgehead atoms. The topological polar surface area (TPSA) is 104 Å². The fourth-order valence-electron chi connectivity index (χ4n) is 6.14. The molecule has 3 fully saturated rings. The number of oxazole rings is 1. The zero-order valence-corrected chi connectivity index (χ0v) is 24.2. The summed E-state index contributed by atoms with van der Waals surface area (Å²) >= 11 is 6.39. The molecule has 0 amide bonds. The number of nitrogens with zero attached hydrogens (tertiary/aromatic N) is 3. The lowest BCUT2D eigenvalue weighted by Gasteiger charge is -2.30. The van der Waals surface area contributed by atoms with E-state index in [-0.39, 0.29) is 46.5 Å². The minimum Gasteiger partial charge on any atom is -0.440 e. The second-order valence-corrected chi connectivity index (χ2v) is 14.3. The summed E-state index contributed by atoms with van der Waals surface area (Å²) in [6.07, 6.45) is 5.17. The first-order valence-corrected chi connectivity index (χ1v) is 16.3. The number of nitriles is 1. The zero-order valence-electron chi connectivity index (χ0n) is 22.6. The molecule has 6 rings (SSSR count). The maximum atomic E-state index is 13.8. The summed E-state index contributed by atoms with van der Waals surface area (Å²) in [6.45, 7) is 0.889. The predicted octanol–water partition coefficient (Wildman–Crippen LogP) is 6.57. The highest BCUT2D eigenvalue weighted by Crippen LogP contribution is 2.51. The van der Waals surface area contributed by atoms with Gasteiger partial charge in [0.05, 0.1) is 33.6 Å². The molecule has 0 radical (unpaired) electrons. The van der Waals surface area contributed by atoms with Crippen molar-refractivity contribution in [2.24, 2.45) is 11.3 Å². The van der Waals surface area contributed by atoms with Crippen LogP contribution >= 0.6 is 11.6 Å². The normalized spacial score (nSPS) is 23.1. The molecule has 7 nitrogen and oxygen atoms in total. The average molecular weight is 596 g/mol. The van der Waals surface area contributed by atoms with Gasteiger partial charge in [-0.05, 0) is 56.0 Å². The molecule has 3 aliphatic rings. The number of hydrogen-bond acceptors (Lipinski definition) is 7. The van der Waals surface area contributed by atoms with Crippen LogP contribution in [0.4, 0.5) is 10.1 Å². The monoisotopic (exact) mass is 595 g/mol. The average Bonchev–Trinajstić information content (AvgIpc) is 3.60. The number of halogens is 2. The van der Waals surface area contributed by atoms with Crippen LogP contribution in [-0.4, -0.2) is 43.8 Å². The van der Waals surface area contributed by atoms with Gasteiger partial charge in [-0.3, -0.25) is 4.79 Å². The van der Waals surface area contributed by atoms with Crippen molar-refractivity contribution in [1.82, 2.24) is 4.98 Å². The molecular weight excluding hydrogens is 565 g/mol. The predicted molar refractivity (Wildman–Crippen MR) is 155 cm³/mol. The minimum absolute atomic E-state index is 0.105. The fourth-order valence-corrected chi connectivity index (χ4v) is 7.59. The maximum Gasteiger partial charge on any atom is 0.228 e. The third kappa shape index (κ3) is 5.77. The van der Waals surface area contributed by atoms with Gasteiger partial charge in [0.15, 0.2) is 9.84 Å². The Morgan fingerprint density at radius 3 is 2.49 bits per heavy atom. The molecule has 1 saturated heterocycles. The van der Waals surface area contributed by atoms with Crippen molar-refractivity contribution in [3.8, 4) is 28.8 Å². The van der Waals surface area contributed by atoms with Crippen LogP contribution in [0.2, 0.25) is 5.02 Å². The lowest BCUT2D eigenvalue weighted by Crippen LogP contribution is -2.40. The van der Waals surface area contributed by atoms with Crippen molar-refractivity contribution in [3.63, 3.8) is 0 Å². The fraction of sp³-hybridized carbons (Fsp3) is 0.452. The number of anilines is 1. The van der Waals surface area contributed by atoms with Crippen LogP contribution in [0.5, 0.6) is 0 Å². The maximum absolute atomic E-state index is 13.8. The van der Waals surface area contributed by atoms with Gasteiger partial charge in [0.2, 0.25) is 5.89 Å². The molecular formula is C31H31ClFN3O4S. The molecule has 214 valence electrons. The highest BCUT2D eigenvalue weighted by molar-refractivity contribution is 7.91. The quantitative estimate of drug-likeness (QED) is 0.304. The van der Waals surface area contributed by atoms with Crippen LogP contribution < -0.4 is 4.90 Å². The van der Waals surface area contributed by atoms with E-state index in [0.717, 1.165) is 49.8 Å². The second kappa shape index (κ2) is 10.9. The van der Waals surface area contributed by atoms with Gasteiger partial charge < -0.3 is 9.32 Å². The molecule has 0 spiro atoms. The van der Waals surface area contributed by atoms with E-state index >= 15 is 0 Å². The highest BCUT2D eigenvalue weighted by atomic mass is 35.5. The molecule has 2 aromatic carbocycles. The number of carbonyl (C=O) groups excluding carboxylic acids is 1. The van der Waals surface area contributed by atoms with Gasteiger partial charge in [0.1, 0.15) is 23.1 Å².